The molecule has 0 fully saturated rings. The number of nitro benzene ring substituents is 1. The van der Waals surface area contributed by atoms with Crippen LogP contribution in [-0.4, -0.2) is 19.9 Å². The Labute approximate surface area is 115 Å². The van der Waals surface area contributed by atoms with E-state index in [4.69, 9.17) is 0 Å². The fourth-order valence-corrected chi connectivity index (χ4v) is 2.54. The van der Waals surface area contributed by atoms with Gasteiger partial charge in [0.15, 0.2) is 0 Å². The van der Waals surface area contributed by atoms with Crippen molar-refractivity contribution in [2.75, 3.05) is 6.54 Å². The summed E-state index contributed by atoms with van der Waals surface area (Å²) < 4.78 is 52.0. The second-order valence-electron chi connectivity index (χ2n) is 3.33. The molecule has 0 atom stereocenters. The fraction of sp³-hybridized carbons (Fsp3) is 0.111. The van der Waals surface area contributed by atoms with Crippen LogP contribution < -0.4 is 4.72 Å². The van der Waals surface area contributed by atoms with Crippen LogP contribution in [-0.2, 0) is 10.0 Å². The molecule has 1 aromatic carbocycles. The fourth-order valence-electron chi connectivity index (χ4n) is 1.12. The molecule has 0 spiro atoms. The zero-order valence-corrected chi connectivity index (χ0v) is 11.6. The van der Waals surface area contributed by atoms with E-state index in [1.54, 1.807) is 0 Å². The minimum atomic E-state index is -4.35. The Hall–Kier alpha value is -1.39. The second-order valence-corrected chi connectivity index (χ2v) is 6.19. The van der Waals surface area contributed by atoms with Crippen molar-refractivity contribution in [2.45, 2.75) is 4.90 Å². The number of hydrogen-bond acceptors (Lipinski definition) is 4. The maximum atomic E-state index is 13.4. The van der Waals surface area contributed by atoms with E-state index in [9.17, 15) is 27.3 Å². The number of nitro groups is 1. The van der Waals surface area contributed by atoms with Gasteiger partial charge in [-0.3, -0.25) is 10.1 Å². The average Bonchev–Trinajstić information content (AvgIpc) is 2.25. The molecular formula is C9H7BrF2N2O4S. The van der Waals surface area contributed by atoms with Crippen LogP contribution in [0.15, 0.2) is 28.1 Å². The molecule has 1 aromatic rings. The van der Waals surface area contributed by atoms with Crippen LogP contribution in [0.5, 0.6) is 0 Å². The Morgan fingerprint density at radius 2 is 2.00 bits per heavy atom. The van der Waals surface area contributed by atoms with Crippen molar-refractivity contribution in [3.63, 3.8) is 0 Å². The second kappa shape index (κ2) is 5.72. The summed E-state index contributed by atoms with van der Waals surface area (Å²) in [4.78, 5) is 8.34. The zero-order valence-electron chi connectivity index (χ0n) is 9.19. The molecule has 0 radical (unpaired) electrons. The van der Waals surface area contributed by atoms with Crippen molar-refractivity contribution in [3.8, 4) is 0 Å². The van der Waals surface area contributed by atoms with E-state index in [2.05, 4.69) is 22.5 Å². The van der Waals surface area contributed by atoms with Gasteiger partial charge >= 0.3 is 5.69 Å². The summed E-state index contributed by atoms with van der Waals surface area (Å²) in [5.74, 6) is -2.87. The molecular weight excluding hydrogens is 350 g/mol. The van der Waals surface area contributed by atoms with Crippen LogP contribution in [0.4, 0.5) is 14.5 Å². The van der Waals surface area contributed by atoms with Gasteiger partial charge in [0.05, 0.1) is 4.92 Å². The van der Waals surface area contributed by atoms with E-state index in [1.165, 1.54) is 0 Å². The first kappa shape index (κ1) is 15.7. The van der Waals surface area contributed by atoms with E-state index in [-0.39, 0.29) is 17.1 Å². The summed E-state index contributed by atoms with van der Waals surface area (Å²) in [7, 11) is -4.35. The first-order valence-corrected chi connectivity index (χ1v) is 6.89. The summed E-state index contributed by atoms with van der Waals surface area (Å²) in [6, 6.07) is 0.472. The predicted molar refractivity (Wildman–Crippen MR) is 66.3 cm³/mol. The van der Waals surface area contributed by atoms with Crippen molar-refractivity contribution in [3.05, 3.63) is 44.9 Å². The van der Waals surface area contributed by atoms with Crippen LogP contribution >= 0.6 is 15.9 Å². The molecule has 0 saturated heterocycles. The lowest BCUT2D eigenvalue weighted by molar-refractivity contribution is -0.387. The third kappa shape index (κ3) is 3.78. The molecule has 0 amide bonds. The molecule has 0 aliphatic heterocycles. The number of sulfonamides is 1. The highest BCUT2D eigenvalue weighted by Gasteiger charge is 2.26. The highest BCUT2D eigenvalue weighted by molar-refractivity contribution is 9.11. The van der Waals surface area contributed by atoms with E-state index in [0.29, 0.717) is 6.07 Å². The van der Waals surface area contributed by atoms with Crippen molar-refractivity contribution in [1.29, 1.82) is 0 Å². The highest BCUT2D eigenvalue weighted by Crippen LogP contribution is 2.24. The smallest absolute Gasteiger partial charge is 0.258 e. The van der Waals surface area contributed by atoms with Crippen LogP contribution in [0, 0.1) is 21.7 Å². The minimum Gasteiger partial charge on any atom is -0.258 e. The number of nitrogens with zero attached hydrogens (tertiary/aromatic N) is 1. The normalized spacial score (nSPS) is 11.3. The molecule has 0 unspecified atom stereocenters. The quantitative estimate of drug-likeness (QED) is 0.645. The first-order chi connectivity index (χ1) is 8.65. The largest absolute Gasteiger partial charge is 0.306 e. The minimum absolute atomic E-state index is 0.148. The SMILES string of the molecule is C=C(Br)CNS(=O)(=O)c1cc([N+](=O)[O-])c(F)cc1F. The van der Waals surface area contributed by atoms with Gasteiger partial charge in [0.1, 0.15) is 10.7 Å². The lowest BCUT2D eigenvalue weighted by Gasteiger charge is -2.07. The van der Waals surface area contributed by atoms with Gasteiger partial charge in [-0.05, 0) is 0 Å². The number of halogens is 3. The molecule has 1 N–H and O–H groups in total. The number of benzene rings is 1. The Morgan fingerprint density at radius 1 is 1.42 bits per heavy atom. The van der Waals surface area contributed by atoms with Crippen LogP contribution in [0.3, 0.4) is 0 Å². The Morgan fingerprint density at radius 3 is 2.47 bits per heavy atom. The molecule has 0 aromatic heterocycles. The number of nitrogens with one attached hydrogen (secondary N) is 1. The maximum absolute atomic E-state index is 13.4. The summed E-state index contributed by atoms with van der Waals surface area (Å²) in [5.41, 5.74) is -1.13. The Balaban J connectivity index is 3.30. The molecule has 6 nitrogen and oxygen atoms in total. The number of hydrogen-bond donors (Lipinski definition) is 1. The summed E-state index contributed by atoms with van der Waals surface area (Å²) in [6.07, 6.45) is 0. The summed E-state index contributed by atoms with van der Waals surface area (Å²) in [6.45, 7) is 3.12. The molecule has 1 rings (SSSR count). The topological polar surface area (TPSA) is 89.3 Å². The van der Waals surface area contributed by atoms with Gasteiger partial charge in [0, 0.05) is 23.2 Å². The van der Waals surface area contributed by atoms with Crippen molar-refractivity contribution < 1.29 is 22.1 Å². The van der Waals surface area contributed by atoms with Crippen LogP contribution in [0.2, 0.25) is 0 Å². The van der Waals surface area contributed by atoms with E-state index < -0.39 is 37.2 Å². The Bertz CT molecular complexity index is 648. The lowest BCUT2D eigenvalue weighted by Crippen LogP contribution is -2.25. The third-order valence-corrected chi connectivity index (χ3v) is 3.64. The Kier molecular flexibility index (Phi) is 4.71. The predicted octanol–water partition coefficient (Wildman–Crippen LogP) is 2.06. The van der Waals surface area contributed by atoms with Gasteiger partial charge in [0.2, 0.25) is 15.8 Å². The highest BCUT2D eigenvalue weighted by atomic mass is 79.9. The molecule has 0 aliphatic carbocycles. The lowest BCUT2D eigenvalue weighted by atomic mass is 10.3. The molecule has 0 heterocycles. The first-order valence-electron chi connectivity index (χ1n) is 4.61. The van der Waals surface area contributed by atoms with Gasteiger partial charge in [-0.1, -0.05) is 22.5 Å². The molecule has 104 valence electrons. The van der Waals surface area contributed by atoms with E-state index >= 15 is 0 Å². The molecule has 0 aliphatic rings. The maximum Gasteiger partial charge on any atom is 0.306 e. The van der Waals surface area contributed by atoms with Gasteiger partial charge in [-0.2, -0.15) is 4.39 Å². The zero-order chi connectivity index (χ0) is 14.8. The van der Waals surface area contributed by atoms with Gasteiger partial charge < -0.3 is 0 Å². The molecule has 0 saturated carbocycles. The summed E-state index contributed by atoms with van der Waals surface area (Å²) in [5, 5.41) is 10.5. The molecule has 0 bridgehead atoms. The summed E-state index contributed by atoms with van der Waals surface area (Å²) >= 11 is 2.88. The van der Waals surface area contributed by atoms with Crippen molar-refractivity contribution >= 4 is 31.6 Å². The van der Waals surface area contributed by atoms with Crippen molar-refractivity contribution in [2.24, 2.45) is 0 Å². The van der Waals surface area contributed by atoms with Gasteiger partial charge in [0.25, 0.3) is 0 Å². The van der Waals surface area contributed by atoms with Crippen LogP contribution in [0.1, 0.15) is 0 Å². The van der Waals surface area contributed by atoms with Gasteiger partial charge in [-0.15, -0.1) is 0 Å². The van der Waals surface area contributed by atoms with E-state index in [1.807, 2.05) is 4.72 Å². The van der Waals surface area contributed by atoms with Crippen molar-refractivity contribution in [1.82, 2.24) is 4.72 Å². The van der Waals surface area contributed by atoms with E-state index in [0.717, 1.165) is 0 Å². The third-order valence-electron chi connectivity index (χ3n) is 1.94. The monoisotopic (exact) mass is 356 g/mol. The molecule has 10 heteroatoms. The molecule has 19 heavy (non-hydrogen) atoms. The average molecular weight is 357 g/mol. The standard InChI is InChI=1S/C9H7BrF2N2O4S/c1-5(10)4-13-19(17,18)9-3-8(14(15)16)6(11)2-7(9)12/h2-3,13H,1,4H2. The number of rotatable bonds is 5. The van der Waals surface area contributed by atoms with Crippen LogP contribution in [0.25, 0.3) is 0 Å². The van der Waals surface area contributed by atoms with Gasteiger partial charge in [-0.25, -0.2) is 17.5 Å².